The van der Waals surface area contributed by atoms with Crippen molar-refractivity contribution in [3.63, 3.8) is 0 Å². The Labute approximate surface area is 196 Å². The van der Waals surface area contributed by atoms with Crippen LogP contribution in [-0.2, 0) is 23.1 Å². The largest absolute Gasteiger partial charge is 0.376 e. The number of carbonyl (C=O) groups is 1. The van der Waals surface area contributed by atoms with Crippen molar-refractivity contribution >= 4 is 27.8 Å². The molecule has 1 N–H and O–H groups in total. The highest BCUT2D eigenvalue weighted by molar-refractivity contribution is 6.06. The number of nitrogens with one attached hydrogen (secondary N) is 1. The molecule has 5 rings (SSSR count). The van der Waals surface area contributed by atoms with E-state index in [2.05, 4.69) is 5.32 Å². The normalized spacial score (nSPS) is 15.9. The SMILES string of the molecule is Cc1ccc(-n2c(=O)c3c(c4cc(C)ccc4n3C)n(CC(=O)NC[C@H]3CCCO3)c2=O)cc1. The summed E-state index contributed by atoms with van der Waals surface area (Å²) in [7, 11) is 1.81. The number of carbonyl (C=O) groups excluding carboxylic acids is 1. The molecular formula is C26H28N4O4. The summed E-state index contributed by atoms with van der Waals surface area (Å²) in [6, 6.07) is 13.1. The molecule has 8 nitrogen and oxygen atoms in total. The molecule has 3 heterocycles. The van der Waals surface area contributed by atoms with Gasteiger partial charge >= 0.3 is 5.69 Å². The number of aryl methyl sites for hydroxylation is 3. The van der Waals surface area contributed by atoms with Crippen LogP contribution in [0.2, 0.25) is 0 Å². The zero-order valence-electron chi connectivity index (χ0n) is 19.6. The molecule has 4 aromatic rings. The van der Waals surface area contributed by atoms with Gasteiger partial charge in [0, 0.05) is 25.6 Å². The van der Waals surface area contributed by atoms with Gasteiger partial charge in [-0.25, -0.2) is 9.36 Å². The van der Waals surface area contributed by atoms with E-state index < -0.39 is 11.2 Å². The Balaban J connectivity index is 1.71. The van der Waals surface area contributed by atoms with Gasteiger partial charge in [0.05, 0.1) is 22.8 Å². The third kappa shape index (κ3) is 3.74. The van der Waals surface area contributed by atoms with Crippen LogP contribution in [0.25, 0.3) is 27.6 Å². The average Bonchev–Trinajstić information content (AvgIpc) is 3.43. The standard InChI is InChI=1S/C26H28N4O4/c1-16-6-9-18(10-7-16)30-25(32)24-23(20-13-17(2)8-11-21(20)28(24)3)29(26(30)33)15-22(31)27-14-19-5-4-12-34-19/h6-11,13,19H,4-5,12,14-15H2,1-3H3,(H,27,31)/t19-/m1/s1. The highest BCUT2D eigenvalue weighted by atomic mass is 16.5. The maximum absolute atomic E-state index is 13.7. The number of nitrogens with zero attached hydrogens (tertiary/aromatic N) is 3. The second-order valence-electron chi connectivity index (χ2n) is 9.06. The lowest BCUT2D eigenvalue weighted by atomic mass is 10.1. The first kappa shape index (κ1) is 22.2. The van der Waals surface area contributed by atoms with Crippen molar-refractivity contribution in [3.05, 3.63) is 74.4 Å². The molecule has 1 saturated heterocycles. The quantitative estimate of drug-likeness (QED) is 0.496. The van der Waals surface area contributed by atoms with Crippen LogP contribution in [0.3, 0.4) is 0 Å². The zero-order valence-corrected chi connectivity index (χ0v) is 19.6. The molecular weight excluding hydrogens is 432 g/mol. The highest BCUT2D eigenvalue weighted by Gasteiger charge is 2.23. The maximum atomic E-state index is 13.7. The van der Waals surface area contributed by atoms with E-state index in [1.165, 1.54) is 4.57 Å². The number of aromatic nitrogens is 3. The van der Waals surface area contributed by atoms with Gasteiger partial charge in [-0.05, 0) is 51.0 Å². The summed E-state index contributed by atoms with van der Waals surface area (Å²) in [5.41, 5.74) is 3.24. The van der Waals surface area contributed by atoms with Gasteiger partial charge in [-0.1, -0.05) is 29.3 Å². The number of hydrogen-bond acceptors (Lipinski definition) is 4. The lowest BCUT2D eigenvalue weighted by Gasteiger charge is -2.15. The Morgan fingerprint density at radius 1 is 1.06 bits per heavy atom. The Morgan fingerprint density at radius 2 is 1.79 bits per heavy atom. The average molecular weight is 461 g/mol. The number of fused-ring (bicyclic) bond motifs is 3. The molecule has 0 unspecified atom stereocenters. The van der Waals surface area contributed by atoms with E-state index in [1.807, 2.05) is 51.2 Å². The number of amides is 1. The fourth-order valence-corrected chi connectivity index (χ4v) is 4.77. The molecule has 0 saturated carbocycles. The fourth-order valence-electron chi connectivity index (χ4n) is 4.77. The van der Waals surface area contributed by atoms with Gasteiger partial charge < -0.3 is 14.6 Å². The van der Waals surface area contributed by atoms with E-state index >= 15 is 0 Å². The van der Waals surface area contributed by atoms with Crippen LogP contribution in [-0.4, -0.2) is 38.9 Å². The Kier molecular flexibility index (Phi) is 5.61. The first-order chi connectivity index (χ1) is 16.3. The summed E-state index contributed by atoms with van der Waals surface area (Å²) in [5, 5.41) is 3.67. The number of benzene rings is 2. The second-order valence-corrected chi connectivity index (χ2v) is 9.06. The number of hydrogen-bond donors (Lipinski definition) is 1. The molecule has 2 aromatic heterocycles. The molecule has 0 radical (unpaired) electrons. The van der Waals surface area contributed by atoms with Crippen LogP contribution >= 0.6 is 0 Å². The predicted octanol–water partition coefficient (Wildman–Crippen LogP) is 2.56. The van der Waals surface area contributed by atoms with Crippen LogP contribution in [0.5, 0.6) is 0 Å². The van der Waals surface area contributed by atoms with Gasteiger partial charge in [-0.2, -0.15) is 0 Å². The van der Waals surface area contributed by atoms with Crippen molar-refractivity contribution in [3.8, 4) is 5.69 Å². The molecule has 1 aliphatic rings. The molecule has 0 spiro atoms. The second kappa shape index (κ2) is 8.61. The van der Waals surface area contributed by atoms with Crippen molar-refractivity contribution in [2.75, 3.05) is 13.2 Å². The van der Waals surface area contributed by atoms with Crippen molar-refractivity contribution in [2.24, 2.45) is 7.05 Å². The summed E-state index contributed by atoms with van der Waals surface area (Å²) in [4.78, 5) is 40.3. The summed E-state index contributed by atoms with van der Waals surface area (Å²) in [5.74, 6) is -0.294. The van der Waals surface area contributed by atoms with Crippen LogP contribution in [0.1, 0.15) is 24.0 Å². The fraction of sp³-hybridized carbons (Fsp3) is 0.346. The molecule has 2 aromatic carbocycles. The first-order valence-corrected chi connectivity index (χ1v) is 11.5. The Bertz CT molecular complexity index is 1520. The van der Waals surface area contributed by atoms with Crippen LogP contribution in [0.15, 0.2) is 52.1 Å². The predicted molar refractivity (Wildman–Crippen MR) is 132 cm³/mol. The van der Waals surface area contributed by atoms with Crippen molar-refractivity contribution in [1.82, 2.24) is 19.0 Å². The summed E-state index contributed by atoms with van der Waals surface area (Å²) < 4.78 is 9.97. The van der Waals surface area contributed by atoms with E-state index in [0.717, 1.165) is 39.4 Å². The van der Waals surface area contributed by atoms with E-state index in [1.54, 1.807) is 16.7 Å². The van der Waals surface area contributed by atoms with E-state index in [0.29, 0.717) is 29.9 Å². The van der Waals surface area contributed by atoms with Gasteiger partial charge in [0.1, 0.15) is 12.1 Å². The van der Waals surface area contributed by atoms with Crippen LogP contribution < -0.4 is 16.6 Å². The van der Waals surface area contributed by atoms with Crippen molar-refractivity contribution in [1.29, 1.82) is 0 Å². The summed E-state index contributed by atoms with van der Waals surface area (Å²) in [6.07, 6.45) is 1.89. The van der Waals surface area contributed by atoms with Crippen molar-refractivity contribution < 1.29 is 9.53 Å². The molecule has 0 aliphatic carbocycles. The van der Waals surface area contributed by atoms with Gasteiger partial charge in [0.15, 0.2) is 0 Å². The minimum Gasteiger partial charge on any atom is -0.376 e. The van der Waals surface area contributed by atoms with Gasteiger partial charge in [0.2, 0.25) is 5.91 Å². The van der Waals surface area contributed by atoms with Crippen LogP contribution in [0.4, 0.5) is 0 Å². The van der Waals surface area contributed by atoms with E-state index in [4.69, 9.17) is 4.74 Å². The van der Waals surface area contributed by atoms with E-state index in [9.17, 15) is 14.4 Å². The third-order valence-electron chi connectivity index (χ3n) is 6.57. The topological polar surface area (TPSA) is 87.3 Å². The third-order valence-corrected chi connectivity index (χ3v) is 6.57. The molecule has 1 fully saturated rings. The van der Waals surface area contributed by atoms with Gasteiger partial charge in [-0.3, -0.25) is 14.2 Å². The number of ether oxygens (including phenoxy) is 1. The van der Waals surface area contributed by atoms with E-state index in [-0.39, 0.29) is 18.6 Å². The molecule has 176 valence electrons. The molecule has 34 heavy (non-hydrogen) atoms. The Hall–Kier alpha value is -3.65. The monoisotopic (exact) mass is 460 g/mol. The van der Waals surface area contributed by atoms with Gasteiger partial charge in [0.25, 0.3) is 5.56 Å². The molecule has 1 atom stereocenters. The lowest BCUT2D eigenvalue weighted by Crippen LogP contribution is -2.43. The number of rotatable bonds is 5. The molecule has 1 aliphatic heterocycles. The molecule has 8 heteroatoms. The smallest absolute Gasteiger partial charge is 0.336 e. The minimum atomic E-state index is -0.539. The molecule has 1 amide bonds. The van der Waals surface area contributed by atoms with Crippen LogP contribution in [0, 0.1) is 13.8 Å². The first-order valence-electron chi connectivity index (χ1n) is 11.5. The maximum Gasteiger partial charge on any atom is 0.336 e. The Morgan fingerprint density at radius 3 is 2.50 bits per heavy atom. The summed E-state index contributed by atoms with van der Waals surface area (Å²) >= 11 is 0. The molecule has 0 bridgehead atoms. The lowest BCUT2D eigenvalue weighted by molar-refractivity contribution is -0.122. The van der Waals surface area contributed by atoms with Crippen molar-refractivity contribution in [2.45, 2.75) is 39.3 Å². The van der Waals surface area contributed by atoms with Gasteiger partial charge in [-0.15, -0.1) is 0 Å². The zero-order chi connectivity index (χ0) is 24.0. The summed E-state index contributed by atoms with van der Waals surface area (Å²) in [6.45, 7) is 4.82. The highest BCUT2D eigenvalue weighted by Crippen LogP contribution is 2.26. The minimum absolute atomic E-state index is 0.00223.